The first-order chi connectivity index (χ1) is 7.81. The largest absolute Gasteiger partial charge is 0.472 e. The molecule has 2 heterocycles. The van der Waals surface area contributed by atoms with Gasteiger partial charge in [0.2, 0.25) is 0 Å². The molecule has 1 atom stereocenters. The molecular formula is C12H17N3O. The van der Waals surface area contributed by atoms with Crippen molar-refractivity contribution in [2.24, 2.45) is 7.05 Å². The Morgan fingerprint density at radius 1 is 1.56 bits per heavy atom. The minimum absolute atomic E-state index is 0.125. The van der Waals surface area contributed by atoms with Crippen molar-refractivity contribution < 1.29 is 4.42 Å². The Balaban J connectivity index is 2.21. The second kappa shape index (κ2) is 4.99. The molecule has 16 heavy (non-hydrogen) atoms. The van der Waals surface area contributed by atoms with Crippen molar-refractivity contribution in [3.8, 4) is 0 Å². The maximum absolute atomic E-state index is 5.13. The van der Waals surface area contributed by atoms with Crippen LogP contribution in [-0.2, 0) is 7.05 Å². The van der Waals surface area contributed by atoms with Gasteiger partial charge in [-0.15, -0.1) is 0 Å². The summed E-state index contributed by atoms with van der Waals surface area (Å²) in [7, 11) is 1.97. The topological polar surface area (TPSA) is 43.0 Å². The summed E-state index contributed by atoms with van der Waals surface area (Å²) in [5.74, 6) is 0. The van der Waals surface area contributed by atoms with Gasteiger partial charge in [0.25, 0.3) is 0 Å². The van der Waals surface area contributed by atoms with Crippen LogP contribution in [0.5, 0.6) is 0 Å². The van der Waals surface area contributed by atoms with Gasteiger partial charge in [-0.2, -0.15) is 0 Å². The number of hydrogen-bond acceptors (Lipinski definition) is 3. The summed E-state index contributed by atoms with van der Waals surface area (Å²) in [4.78, 5) is 4.38. The Bertz CT molecular complexity index is 419. The lowest BCUT2D eigenvalue weighted by Gasteiger charge is -2.14. The molecule has 2 aromatic heterocycles. The van der Waals surface area contributed by atoms with Crippen molar-refractivity contribution in [1.82, 2.24) is 14.9 Å². The first-order valence-corrected chi connectivity index (χ1v) is 5.54. The number of aryl methyl sites for hydroxylation is 1. The van der Waals surface area contributed by atoms with Gasteiger partial charge in [-0.25, -0.2) is 4.98 Å². The lowest BCUT2D eigenvalue weighted by Crippen LogP contribution is -2.23. The van der Waals surface area contributed by atoms with E-state index < -0.39 is 0 Å². The van der Waals surface area contributed by atoms with E-state index in [1.54, 1.807) is 12.5 Å². The predicted molar refractivity (Wildman–Crippen MR) is 62.1 cm³/mol. The van der Waals surface area contributed by atoms with E-state index in [0.717, 1.165) is 24.2 Å². The molecule has 0 bridgehead atoms. The molecule has 0 amide bonds. The summed E-state index contributed by atoms with van der Waals surface area (Å²) in [6.45, 7) is 3.12. The number of nitrogens with zero attached hydrogens (tertiary/aromatic N) is 2. The highest BCUT2D eigenvalue weighted by molar-refractivity contribution is 5.22. The van der Waals surface area contributed by atoms with Crippen LogP contribution < -0.4 is 5.32 Å². The average Bonchev–Trinajstić information content (AvgIpc) is 2.91. The summed E-state index contributed by atoms with van der Waals surface area (Å²) in [5, 5.41) is 3.47. The molecule has 0 radical (unpaired) electrons. The Kier molecular flexibility index (Phi) is 3.41. The van der Waals surface area contributed by atoms with Gasteiger partial charge in [0, 0.05) is 18.8 Å². The van der Waals surface area contributed by atoms with E-state index in [4.69, 9.17) is 4.42 Å². The van der Waals surface area contributed by atoms with Gasteiger partial charge in [-0.1, -0.05) is 6.92 Å². The van der Waals surface area contributed by atoms with Gasteiger partial charge < -0.3 is 14.3 Å². The van der Waals surface area contributed by atoms with Crippen LogP contribution in [0, 0.1) is 0 Å². The number of nitrogens with one attached hydrogen (secondary N) is 1. The van der Waals surface area contributed by atoms with E-state index in [9.17, 15) is 0 Å². The van der Waals surface area contributed by atoms with Crippen LogP contribution in [0.4, 0.5) is 0 Å². The average molecular weight is 219 g/mol. The van der Waals surface area contributed by atoms with Crippen LogP contribution >= 0.6 is 0 Å². The van der Waals surface area contributed by atoms with Crippen LogP contribution in [0.15, 0.2) is 35.5 Å². The number of furan rings is 1. The molecule has 0 saturated carbocycles. The minimum atomic E-state index is 0.125. The van der Waals surface area contributed by atoms with Crippen LogP contribution in [-0.4, -0.2) is 16.1 Å². The molecule has 0 aliphatic heterocycles. The van der Waals surface area contributed by atoms with Gasteiger partial charge in [-0.3, -0.25) is 0 Å². The van der Waals surface area contributed by atoms with Crippen LogP contribution in [0.3, 0.4) is 0 Å². The fourth-order valence-electron chi connectivity index (χ4n) is 1.70. The third-order valence-corrected chi connectivity index (χ3v) is 2.50. The zero-order valence-corrected chi connectivity index (χ0v) is 9.68. The number of hydrogen-bond donors (Lipinski definition) is 1. The summed E-state index contributed by atoms with van der Waals surface area (Å²) < 4.78 is 7.08. The highest BCUT2D eigenvalue weighted by Crippen LogP contribution is 2.20. The second-order valence-corrected chi connectivity index (χ2v) is 3.91. The second-order valence-electron chi connectivity index (χ2n) is 3.91. The molecule has 0 aliphatic rings. The van der Waals surface area contributed by atoms with Gasteiger partial charge >= 0.3 is 0 Å². The zero-order chi connectivity index (χ0) is 11.4. The third kappa shape index (κ3) is 2.33. The quantitative estimate of drug-likeness (QED) is 0.837. The minimum Gasteiger partial charge on any atom is -0.472 e. The number of aromatic nitrogens is 2. The van der Waals surface area contributed by atoms with E-state index in [1.807, 2.05) is 30.2 Å². The van der Waals surface area contributed by atoms with Crippen molar-refractivity contribution in [2.75, 3.05) is 6.54 Å². The molecule has 4 heteroatoms. The van der Waals surface area contributed by atoms with Crippen molar-refractivity contribution in [1.29, 1.82) is 0 Å². The molecule has 0 spiro atoms. The third-order valence-electron chi connectivity index (χ3n) is 2.50. The van der Waals surface area contributed by atoms with Crippen LogP contribution in [0.25, 0.3) is 0 Å². The Labute approximate surface area is 95.3 Å². The van der Waals surface area contributed by atoms with Crippen molar-refractivity contribution >= 4 is 0 Å². The Morgan fingerprint density at radius 3 is 3.00 bits per heavy atom. The first-order valence-electron chi connectivity index (χ1n) is 5.54. The van der Waals surface area contributed by atoms with Gasteiger partial charge in [-0.05, 0) is 19.0 Å². The summed E-state index contributed by atoms with van der Waals surface area (Å²) >= 11 is 0. The fourth-order valence-corrected chi connectivity index (χ4v) is 1.70. The molecule has 2 aromatic rings. The van der Waals surface area contributed by atoms with Gasteiger partial charge in [0.05, 0.1) is 30.6 Å². The van der Waals surface area contributed by atoms with E-state index >= 15 is 0 Å². The predicted octanol–water partition coefficient (Wildman–Crippen LogP) is 2.10. The van der Waals surface area contributed by atoms with Gasteiger partial charge in [0.1, 0.15) is 0 Å². The summed E-state index contributed by atoms with van der Waals surface area (Å²) in [6, 6.07) is 2.10. The molecule has 1 N–H and O–H groups in total. The van der Waals surface area contributed by atoms with Crippen molar-refractivity contribution in [2.45, 2.75) is 19.4 Å². The Hall–Kier alpha value is -1.55. The molecule has 4 nitrogen and oxygen atoms in total. The SMILES string of the molecule is CCCNC(c1ccoc1)c1cn(C)cn1. The lowest BCUT2D eigenvalue weighted by atomic mass is 10.1. The van der Waals surface area contributed by atoms with Crippen LogP contribution in [0.2, 0.25) is 0 Å². The molecule has 86 valence electrons. The highest BCUT2D eigenvalue weighted by atomic mass is 16.3. The van der Waals surface area contributed by atoms with E-state index in [1.165, 1.54) is 0 Å². The van der Waals surface area contributed by atoms with Crippen molar-refractivity contribution in [3.05, 3.63) is 42.4 Å². The maximum Gasteiger partial charge on any atom is 0.0954 e. The summed E-state index contributed by atoms with van der Waals surface area (Å²) in [6.07, 6.45) is 8.40. The van der Waals surface area contributed by atoms with Crippen molar-refractivity contribution in [3.63, 3.8) is 0 Å². The first kappa shape index (κ1) is 11.0. The van der Waals surface area contributed by atoms with Gasteiger partial charge in [0.15, 0.2) is 0 Å². The van der Waals surface area contributed by atoms with E-state index in [2.05, 4.69) is 17.2 Å². The van der Waals surface area contributed by atoms with E-state index in [-0.39, 0.29) is 6.04 Å². The molecule has 0 aliphatic carbocycles. The monoisotopic (exact) mass is 219 g/mol. The molecule has 0 aromatic carbocycles. The van der Waals surface area contributed by atoms with Crippen LogP contribution in [0.1, 0.15) is 30.6 Å². The molecule has 2 rings (SSSR count). The standard InChI is InChI=1S/C12H17N3O/c1-3-5-13-12(10-4-6-16-8-10)11-7-15(2)9-14-11/h4,6-9,12-13H,3,5H2,1-2H3. The molecule has 0 fully saturated rings. The highest BCUT2D eigenvalue weighted by Gasteiger charge is 2.16. The smallest absolute Gasteiger partial charge is 0.0954 e. The maximum atomic E-state index is 5.13. The normalized spacial score (nSPS) is 12.9. The number of rotatable bonds is 5. The Morgan fingerprint density at radius 2 is 2.44 bits per heavy atom. The zero-order valence-electron chi connectivity index (χ0n) is 9.68. The fraction of sp³-hybridized carbons (Fsp3) is 0.417. The lowest BCUT2D eigenvalue weighted by molar-refractivity contribution is 0.545. The molecule has 1 unspecified atom stereocenters. The summed E-state index contributed by atoms with van der Waals surface area (Å²) in [5.41, 5.74) is 2.14. The molecule has 0 saturated heterocycles. The van der Waals surface area contributed by atoms with E-state index in [0.29, 0.717) is 0 Å². The number of imidazole rings is 1. The molecular weight excluding hydrogens is 202 g/mol.